The Hall–Kier alpha value is -2.55. The molecule has 2 nitrogen and oxygen atoms in total. The molecular formula is C17H12FNO. The van der Waals surface area contributed by atoms with Crippen molar-refractivity contribution in [3.05, 3.63) is 77.2 Å². The van der Waals surface area contributed by atoms with Crippen molar-refractivity contribution in [3.63, 3.8) is 0 Å². The first-order valence-electron chi connectivity index (χ1n) is 6.34. The van der Waals surface area contributed by atoms with Crippen LogP contribution in [0.2, 0.25) is 0 Å². The molecule has 0 atom stereocenters. The molecule has 0 N–H and O–H groups in total. The van der Waals surface area contributed by atoms with Crippen LogP contribution in [0.4, 0.5) is 4.39 Å². The second kappa shape index (κ2) is 5.21. The van der Waals surface area contributed by atoms with E-state index in [2.05, 4.69) is 4.98 Å². The lowest BCUT2D eigenvalue weighted by atomic mass is 10.0. The van der Waals surface area contributed by atoms with Crippen LogP contribution in [-0.2, 0) is 6.42 Å². The fourth-order valence-corrected chi connectivity index (χ4v) is 2.31. The number of rotatable bonds is 3. The SMILES string of the molecule is O=Cc1ccc(Cc2ccnc3ccccc23)cc1F. The zero-order valence-corrected chi connectivity index (χ0v) is 10.7. The summed E-state index contributed by atoms with van der Waals surface area (Å²) in [6.07, 6.45) is 2.90. The second-order valence-corrected chi connectivity index (χ2v) is 4.64. The number of aromatic nitrogens is 1. The van der Waals surface area contributed by atoms with Crippen molar-refractivity contribution in [2.45, 2.75) is 6.42 Å². The number of para-hydroxylation sites is 1. The molecule has 0 radical (unpaired) electrons. The van der Waals surface area contributed by atoms with Gasteiger partial charge in [0.2, 0.25) is 0 Å². The molecule has 3 aromatic rings. The molecule has 1 heterocycles. The van der Waals surface area contributed by atoms with E-state index in [1.807, 2.05) is 30.3 Å². The lowest BCUT2D eigenvalue weighted by Crippen LogP contribution is -1.94. The van der Waals surface area contributed by atoms with Crippen molar-refractivity contribution in [1.82, 2.24) is 4.98 Å². The van der Waals surface area contributed by atoms with Crippen LogP contribution in [0.3, 0.4) is 0 Å². The van der Waals surface area contributed by atoms with E-state index < -0.39 is 5.82 Å². The van der Waals surface area contributed by atoms with Gasteiger partial charge in [-0.1, -0.05) is 24.3 Å². The standard InChI is InChI=1S/C17H12FNO/c18-16-10-12(5-6-14(16)11-20)9-13-7-8-19-17-4-2-1-3-15(13)17/h1-8,10-11H,9H2. The van der Waals surface area contributed by atoms with Gasteiger partial charge >= 0.3 is 0 Å². The van der Waals surface area contributed by atoms with E-state index in [1.165, 1.54) is 12.1 Å². The monoisotopic (exact) mass is 265 g/mol. The fraction of sp³-hybridized carbons (Fsp3) is 0.0588. The highest BCUT2D eigenvalue weighted by molar-refractivity contribution is 5.82. The van der Waals surface area contributed by atoms with E-state index >= 15 is 0 Å². The third-order valence-electron chi connectivity index (χ3n) is 3.33. The average Bonchev–Trinajstić information content (AvgIpc) is 2.48. The number of hydrogen-bond donors (Lipinski definition) is 0. The maximum absolute atomic E-state index is 13.6. The van der Waals surface area contributed by atoms with Gasteiger partial charge in [-0.15, -0.1) is 0 Å². The predicted octanol–water partition coefficient (Wildman–Crippen LogP) is 3.78. The molecule has 0 saturated carbocycles. The minimum Gasteiger partial charge on any atom is -0.298 e. The number of hydrogen-bond acceptors (Lipinski definition) is 2. The van der Waals surface area contributed by atoms with Gasteiger partial charge in [-0.3, -0.25) is 9.78 Å². The highest BCUT2D eigenvalue weighted by atomic mass is 19.1. The molecule has 3 rings (SSSR count). The fourth-order valence-electron chi connectivity index (χ4n) is 2.31. The molecule has 0 unspecified atom stereocenters. The number of fused-ring (bicyclic) bond motifs is 1. The Morgan fingerprint density at radius 2 is 1.95 bits per heavy atom. The Morgan fingerprint density at radius 1 is 1.10 bits per heavy atom. The topological polar surface area (TPSA) is 30.0 Å². The molecule has 0 saturated heterocycles. The summed E-state index contributed by atoms with van der Waals surface area (Å²) >= 11 is 0. The Balaban J connectivity index is 2.01. The summed E-state index contributed by atoms with van der Waals surface area (Å²) in [5.74, 6) is -0.476. The Morgan fingerprint density at radius 3 is 2.75 bits per heavy atom. The zero-order valence-electron chi connectivity index (χ0n) is 10.7. The maximum atomic E-state index is 13.6. The number of benzene rings is 2. The van der Waals surface area contributed by atoms with Gasteiger partial charge in [-0.25, -0.2) is 4.39 Å². The van der Waals surface area contributed by atoms with E-state index in [-0.39, 0.29) is 5.56 Å². The van der Waals surface area contributed by atoms with Crippen molar-refractivity contribution >= 4 is 17.2 Å². The highest BCUT2D eigenvalue weighted by Gasteiger charge is 2.06. The van der Waals surface area contributed by atoms with Gasteiger partial charge in [-0.05, 0) is 41.8 Å². The highest BCUT2D eigenvalue weighted by Crippen LogP contribution is 2.20. The molecule has 0 amide bonds. The molecule has 0 aliphatic carbocycles. The van der Waals surface area contributed by atoms with Gasteiger partial charge in [0.1, 0.15) is 5.82 Å². The van der Waals surface area contributed by atoms with Crippen LogP contribution < -0.4 is 0 Å². The van der Waals surface area contributed by atoms with Gasteiger partial charge in [0.15, 0.2) is 6.29 Å². The van der Waals surface area contributed by atoms with Crippen molar-refractivity contribution in [1.29, 1.82) is 0 Å². The first-order chi connectivity index (χ1) is 9.78. The van der Waals surface area contributed by atoms with Crippen molar-refractivity contribution < 1.29 is 9.18 Å². The molecule has 2 aromatic carbocycles. The van der Waals surface area contributed by atoms with Crippen LogP contribution in [0.15, 0.2) is 54.7 Å². The summed E-state index contributed by atoms with van der Waals surface area (Å²) in [5.41, 5.74) is 2.95. The third-order valence-corrected chi connectivity index (χ3v) is 3.33. The predicted molar refractivity (Wildman–Crippen MR) is 76.3 cm³/mol. The Kier molecular flexibility index (Phi) is 3.25. The Labute approximate surface area is 115 Å². The summed E-state index contributed by atoms with van der Waals surface area (Å²) in [6, 6.07) is 14.5. The number of aldehydes is 1. The average molecular weight is 265 g/mol. The number of halogens is 1. The molecular weight excluding hydrogens is 253 g/mol. The van der Waals surface area contributed by atoms with Crippen LogP contribution >= 0.6 is 0 Å². The van der Waals surface area contributed by atoms with Crippen LogP contribution in [0.25, 0.3) is 10.9 Å². The van der Waals surface area contributed by atoms with E-state index in [0.29, 0.717) is 12.7 Å². The lowest BCUT2D eigenvalue weighted by Gasteiger charge is -2.07. The first kappa shape index (κ1) is 12.5. The van der Waals surface area contributed by atoms with Gasteiger partial charge < -0.3 is 0 Å². The minimum absolute atomic E-state index is 0.0911. The molecule has 0 bridgehead atoms. The first-order valence-corrected chi connectivity index (χ1v) is 6.34. The van der Waals surface area contributed by atoms with Crippen molar-refractivity contribution in [2.24, 2.45) is 0 Å². The van der Waals surface area contributed by atoms with Gasteiger partial charge in [0.25, 0.3) is 0 Å². The molecule has 0 fully saturated rings. The number of nitrogens with zero attached hydrogens (tertiary/aromatic N) is 1. The molecule has 0 aliphatic rings. The quantitative estimate of drug-likeness (QED) is 0.675. The van der Waals surface area contributed by atoms with E-state index in [0.717, 1.165) is 22.0 Å². The zero-order chi connectivity index (χ0) is 13.9. The summed E-state index contributed by atoms with van der Waals surface area (Å²) in [7, 11) is 0. The number of carbonyl (C=O) groups is 1. The smallest absolute Gasteiger partial charge is 0.152 e. The molecule has 98 valence electrons. The van der Waals surface area contributed by atoms with E-state index in [9.17, 15) is 9.18 Å². The lowest BCUT2D eigenvalue weighted by molar-refractivity contribution is 0.112. The Bertz CT molecular complexity index is 778. The van der Waals surface area contributed by atoms with Crippen LogP contribution in [0, 0.1) is 5.82 Å². The van der Waals surface area contributed by atoms with Crippen molar-refractivity contribution in [2.75, 3.05) is 0 Å². The normalized spacial score (nSPS) is 10.7. The second-order valence-electron chi connectivity index (χ2n) is 4.64. The summed E-state index contributed by atoms with van der Waals surface area (Å²) < 4.78 is 13.6. The minimum atomic E-state index is -0.476. The third kappa shape index (κ3) is 2.30. The van der Waals surface area contributed by atoms with Crippen LogP contribution in [-0.4, -0.2) is 11.3 Å². The van der Waals surface area contributed by atoms with E-state index in [4.69, 9.17) is 0 Å². The van der Waals surface area contributed by atoms with Gasteiger partial charge in [0, 0.05) is 11.6 Å². The van der Waals surface area contributed by atoms with Crippen molar-refractivity contribution in [3.8, 4) is 0 Å². The summed E-state index contributed by atoms with van der Waals surface area (Å²) in [5, 5.41) is 1.06. The maximum Gasteiger partial charge on any atom is 0.152 e. The van der Waals surface area contributed by atoms with Crippen LogP contribution in [0.5, 0.6) is 0 Å². The molecule has 20 heavy (non-hydrogen) atoms. The molecule has 1 aromatic heterocycles. The van der Waals surface area contributed by atoms with E-state index in [1.54, 1.807) is 12.3 Å². The summed E-state index contributed by atoms with van der Waals surface area (Å²) in [4.78, 5) is 14.9. The van der Waals surface area contributed by atoms with Gasteiger partial charge in [-0.2, -0.15) is 0 Å². The van der Waals surface area contributed by atoms with Crippen LogP contribution in [0.1, 0.15) is 21.5 Å². The molecule has 0 aliphatic heterocycles. The largest absolute Gasteiger partial charge is 0.298 e. The molecule has 0 spiro atoms. The van der Waals surface area contributed by atoms with Gasteiger partial charge in [0.05, 0.1) is 11.1 Å². The number of carbonyl (C=O) groups excluding carboxylic acids is 1. The molecule has 3 heteroatoms. The number of pyridine rings is 1. The summed E-state index contributed by atoms with van der Waals surface area (Å²) in [6.45, 7) is 0.